The van der Waals surface area contributed by atoms with Crippen LogP contribution >= 0.6 is 0 Å². The second kappa shape index (κ2) is 18.5. The van der Waals surface area contributed by atoms with Gasteiger partial charge in [-0.3, -0.25) is 29.0 Å². The standard InChI is InChI=1S/C6H14N4O2.C5H9NO4.C4H8N2O3/c7-4(5(11)12)2-1-3-10-6(8)9;6-3(5(9)10)1-2-4(7)8;5-2(4(8)9)1-3(6)7/h4H,1-3,7H2,(H,11,12)(H4,8,9,10);3H,1-2,6H2,(H,7,8)(H,9,10);2H,1,5H2,(H2,6,7)(H,8,9)/t4-;3-;2-/m000/s1. The van der Waals surface area contributed by atoms with Gasteiger partial charge in [0.2, 0.25) is 5.91 Å². The number of aliphatic carboxylic acids is 4. The van der Waals surface area contributed by atoms with Crippen molar-refractivity contribution in [2.75, 3.05) is 6.54 Å². The molecule has 0 saturated heterocycles. The predicted octanol–water partition coefficient (Wildman–Crippen LogP) is -4.01. The van der Waals surface area contributed by atoms with E-state index >= 15 is 0 Å². The van der Waals surface area contributed by atoms with E-state index in [4.69, 9.17) is 49.1 Å². The second-order valence-corrected chi connectivity index (χ2v) is 5.89. The molecule has 0 saturated carbocycles. The molecule has 0 aliphatic rings. The normalized spacial score (nSPS) is 12.4. The summed E-state index contributed by atoms with van der Waals surface area (Å²) in [6.45, 7) is 0.420. The van der Waals surface area contributed by atoms with Gasteiger partial charge in [0, 0.05) is 13.0 Å². The molecule has 180 valence electrons. The van der Waals surface area contributed by atoms with Crippen LogP contribution in [0.1, 0.15) is 32.1 Å². The molecule has 0 bridgehead atoms. The van der Waals surface area contributed by atoms with Crippen LogP contribution in [0.25, 0.3) is 0 Å². The average molecular weight is 453 g/mol. The fraction of sp³-hybridized carbons (Fsp3) is 0.600. The first-order valence-electron chi connectivity index (χ1n) is 8.62. The number of hydrogen-bond acceptors (Lipinski definition) is 9. The van der Waals surface area contributed by atoms with Gasteiger partial charge in [0.1, 0.15) is 18.1 Å². The number of carbonyl (C=O) groups is 5. The molecule has 0 fully saturated rings. The highest BCUT2D eigenvalue weighted by atomic mass is 16.4. The summed E-state index contributed by atoms with van der Waals surface area (Å²) in [7, 11) is 0. The molecule has 0 aromatic carbocycles. The van der Waals surface area contributed by atoms with Crippen molar-refractivity contribution in [2.45, 2.75) is 50.2 Å². The van der Waals surface area contributed by atoms with Crippen molar-refractivity contribution in [1.82, 2.24) is 0 Å². The van der Waals surface area contributed by atoms with Crippen LogP contribution in [-0.2, 0) is 24.0 Å². The van der Waals surface area contributed by atoms with Crippen LogP contribution in [0.2, 0.25) is 0 Å². The first kappa shape index (κ1) is 32.2. The number of rotatable bonds is 12. The van der Waals surface area contributed by atoms with Crippen LogP contribution < -0.4 is 34.4 Å². The summed E-state index contributed by atoms with van der Waals surface area (Å²) in [5.74, 6) is -5.10. The van der Waals surface area contributed by atoms with Gasteiger partial charge in [-0.1, -0.05) is 0 Å². The fourth-order valence-corrected chi connectivity index (χ4v) is 1.35. The van der Waals surface area contributed by atoms with E-state index in [0.29, 0.717) is 19.4 Å². The number of amides is 1. The van der Waals surface area contributed by atoms with Crippen LogP contribution in [0, 0.1) is 0 Å². The smallest absolute Gasteiger partial charge is 0.321 e. The number of carboxylic acids is 4. The lowest BCUT2D eigenvalue weighted by Gasteiger charge is -2.03. The quantitative estimate of drug-likeness (QED) is 0.0764. The Morgan fingerprint density at radius 3 is 1.42 bits per heavy atom. The number of nitrogens with zero attached hydrogens (tertiary/aromatic N) is 1. The molecule has 0 spiro atoms. The van der Waals surface area contributed by atoms with Gasteiger partial charge in [0.15, 0.2) is 5.96 Å². The van der Waals surface area contributed by atoms with Gasteiger partial charge in [-0.25, -0.2) is 0 Å². The summed E-state index contributed by atoms with van der Waals surface area (Å²) in [6, 6.07) is -3.04. The highest BCUT2D eigenvalue weighted by Crippen LogP contribution is 1.94. The van der Waals surface area contributed by atoms with E-state index in [1.165, 1.54) is 0 Å². The third-order valence-electron chi connectivity index (χ3n) is 3.01. The van der Waals surface area contributed by atoms with Gasteiger partial charge in [-0.15, -0.1) is 0 Å². The van der Waals surface area contributed by atoms with Crippen molar-refractivity contribution in [3.63, 3.8) is 0 Å². The van der Waals surface area contributed by atoms with E-state index in [9.17, 15) is 24.0 Å². The number of guanidine groups is 1. The number of hydrogen-bond donors (Lipinski definition) is 10. The van der Waals surface area contributed by atoms with Crippen LogP contribution in [0.15, 0.2) is 4.99 Å². The summed E-state index contributed by atoms with van der Waals surface area (Å²) >= 11 is 0. The maximum absolute atomic E-state index is 10.2. The molecule has 16 nitrogen and oxygen atoms in total. The number of carboxylic acid groups (broad SMARTS) is 4. The third kappa shape index (κ3) is 26.5. The molecule has 0 unspecified atom stereocenters. The number of nitrogens with two attached hydrogens (primary N) is 6. The van der Waals surface area contributed by atoms with E-state index in [2.05, 4.69) is 10.7 Å². The van der Waals surface area contributed by atoms with E-state index in [1.54, 1.807) is 0 Å². The van der Waals surface area contributed by atoms with Crippen molar-refractivity contribution in [1.29, 1.82) is 0 Å². The van der Waals surface area contributed by atoms with Crippen molar-refractivity contribution in [2.24, 2.45) is 39.4 Å². The van der Waals surface area contributed by atoms with Gasteiger partial charge in [-0.2, -0.15) is 0 Å². The summed E-state index contributed by atoms with van der Waals surface area (Å²) in [6.07, 6.45) is 0.422. The Bertz CT molecular complexity index is 624. The minimum Gasteiger partial charge on any atom is -0.481 e. The molecule has 31 heavy (non-hydrogen) atoms. The van der Waals surface area contributed by atoms with E-state index in [-0.39, 0.29) is 25.2 Å². The SMILES string of the molecule is NC(=O)C[C@H](N)C(=O)O.NC(N)=NCCC[C@H](N)C(=O)O.N[C@@H](CCC(=O)O)C(=O)O. The van der Waals surface area contributed by atoms with Crippen LogP contribution in [0.5, 0.6) is 0 Å². The molecule has 0 aliphatic carbocycles. The molecule has 0 aromatic rings. The lowest BCUT2D eigenvalue weighted by atomic mass is 10.2. The minimum absolute atomic E-state index is 0.0129. The fourth-order valence-electron chi connectivity index (χ4n) is 1.35. The van der Waals surface area contributed by atoms with Gasteiger partial charge in [-0.05, 0) is 19.3 Å². The Morgan fingerprint density at radius 2 is 1.13 bits per heavy atom. The maximum atomic E-state index is 10.2. The summed E-state index contributed by atoms with van der Waals surface area (Å²) < 4.78 is 0. The Labute approximate surface area is 177 Å². The van der Waals surface area contributed by atoms with Crippen molar-refractivity contribution in [3.8, 4) is 0 Å². The highest BCUT2D eigenvalue weighted by Gasteiger charge is 2.13. The molecule has 16 N–H and O–H groups in total. The van der Waals surface area contributed by atoms with Crippen molar-refractivity contribution >= 4 is 35.7 Å². The van der Waals surface area contributed by atoms with Crippen LogP contribution in [0.4, 0.5) is 0 Å². The molecular weight excluding hydrogens is 422 g/mol. The monoisotopic (exact) mass is 453 g/mol. The summed E-state index contributed by atoms with van der Waals surface area (Å²) in [5.41, 5.74) is 29.9. The molecule has 0 aliphatic heterocycles. The molecule has 0 aromatic heterocycles. The first-order valence-corrected chi connectivity index (χ1v) is 8.62. The van der Waals surface area contributed by atoms with Crippen molar-refractivity contribution in [3.05, 3.63) is 0 Å². The van der Waals surface area contributed by atoms with E-state index in [1.807, 2.05) is 0 Å². The second-order valence-electron chi connectivity index (χ2n) is 5.89. The molecule has 0 radical (unpaired) electrons. The maximum Gasteiger partial charge on any atom is 0.321 e. The van der Waals surface area contributed by atoms with Crippen LogP contribution in [-0.4, -0.2) is 80.8 Å². The van der Waals surface area contributed by atoms with Crippen LogP contribution in [0.3, 0.4) is 0 Å². The highest BCUT2D eigenvalue weighted by molar-refractivity contribution is 5.83. The lowest BCUT2D eigenvalue weighted by Crippen LogP contribution is -2.34. The molecule has 3 atom stereocenters. The Kier molecular flexibility index (Phi) is 19.2. The Hall–Kier alpha value is -3.50. The van der Waals surface area contributed by atoms with E-state index in [0.717, 1.165) is 0 Å². The Balaban J connectivity index is -0.000000384. The third-order valence-corrected chi connectivity index (χ3v) is 3.01. The number of carbonyl (C=O) groups excluding carboxylic acids is 1. The van der Waals surface area contributed by atoms with Gasteiger partial charge < -0.3 is 54.8 Å². The topological polar surface area (TPSA) is 335 Å². The summed E-state index contributed by atoms with van der Waals surface area (Å²) in [4.78, 5) is 53.7. The van der Waals surface area contributed by atoms with Gasteiger partial charge in [0.25, 0.3) is 0 Å². The van der Waals surface area contributed by atoms with Crippen molar-refractivity contribution < 1.29 is 44.4 Å². The summed E-state index contributed by atoms with van der Waals surface area (Å²) in [5, 5.41) is 32.8. The van der Waals surface area contributed by atoms with Gasteiger partial charge in [0.05, 0.1) is 6.42 Å². The molecular formula is C15H31N7O9. The molecule has 0 rings (SSSR count). The zero-order valence-electron chi connectivity index (χ0n) is 16.7. The number of primary amides is 1. The minimum atomic E-state index is -1.21. The zero-order chi connectivity index (χ0) is 25.1. The van der Waals surface area contributed by atoms with E-state index < -0.39 is 47.9 Å². The van der Waals surface area contributed by atoms with Gasteiger partial charge >= 0.3 is 23.9 Å². The predicted molar refractivity (Wildman–Crippen MR) is 107 cm³/mol. The average Bonchev–Trinajstić information content (AvgIpc) is 2.63. The largest absolute Gasteiger partial charge is 0.481 e. The molecule has 0 heterocycles. The molecule has 16 heteroatoms. The number of aliphatic imine (C=N–C) groups is 1. The zero-order valence-corrected chi connectivity index (χ0v) is 16.7. The molecule has 1 amide bonds. The Morgan fingerprint density at radius 1 is 0.710 bits per heavy atom. The first-order chi connectivity index (χ1) is 14.1. The lowest BCUT2D eigenvalue weighted by molar-refractivity contribution is -0.141.